The second-order valence-corrected chi connectivity index (χ2v) is 7.69. The molecule has 2 N–H and O–H groups in total. The van der Waals surface area contributed by atoms with Gasteiger partial charge in [-0.15, -0.1) is 0 Å². The summed E-state index contributed by atoms with van der Waals surface area (Å²) < 4.78 is 27.9. The van der Waals surface area contributed by atoms with Crippen LogP contribution in [0.3, 0.4) is 0 Å². The SMILES string of the molecule is CSCC[C@H](N)c1nc(C2CCS(=O)(=O)C2)no1. The molecule has 0 radical (unpaired) electrons. The van der Waals surface area contributed by atoms with E-state index >= 15 is 0 Å². The predicted molar refractivity (Wildman–Crippen MR) is 70.2 cm³/mol. The van der Waals surface area contributed by atoms with Crippen molar-refractivity contribution in [2.75, 3.05) is 23.5 Å². The van der Waals surface area contributed by atoms with Crippen molar-refractivity contribution >= 4 is 21.6 Å². The summed E-state index contributed by atoms with van der Waals surface area (Å²) in [5.74, 6) is 2.00. The fourth-order valence-corrected chi connectivity index (χ4v) is 4.16. The van der Waals surface area contributed by atoms with E-state index in [0.29, 0.717) is 18.1 Å². The van der Waals surface area contributed by atoms with Crippen molar-refractivity contribution < 1.29 is 12.9 Å². The van der Waals surface area contributed by atoms with Crippen molar-refractivity contribution in [2.24, 2.45) is 5.73 Å². The van der Waals surface area contributed by atoms with E-state index in [4.69, 9.17) is 10.3 Å². The zero-order valence-corrected chi connectivity index (χ0v) is 11.8. The van der Waals surface area contributed by atoms with E-state index in [9.17, 15) is 8.42 Å². The minimum Gasteiger partial charge on any atom is -0.338 e. The smallest absolute Gasteiger partial charge is 0.243 e. The maximum atomic E-state index is 11.4. The molecule has 1 fully saturated rings. The minimum absolute atomic E-state index is 0.117. The third kappa shape index (κ3) is 3.24. The van der Waals surface area contributed by atoms with Crippen LogP contribution in [0.2, 0.25) is 0 Å². The molecule has 102 valence electrons. The topological polar surface area (TPSA) is 99.1 Å². The number of rotatable bonds is 5. The Morgan fingerprint density at radius 2 is 2.39 bits per heavy atom. The molecule has 0 amide bonds. The summed E-state index contributed by atoms with van der Waals surface area (Å²) in [5, 5.41) is 3.86. The Balaban J connectivity index is 2.02. The quantitative estimate of drug-likeness (QED) is 0.853. The second-order valence-electron chi connectivity index (χ2n) is 4.48. The van der Waals surface area contributed by atoms with Crippen LogP contribution in [-0.2, 0) is 9.84 Å². The van der Waals surface area contributed by atoms with E-state index < -0.39 is 9.84 Å². The van der Waals surface area contributed by atoms with Gasteiger partial charge in [-0.2, -0.15) is 16.7 Å². The first-order valence-corrected chi connectivity index (χ1v) is 9.02. The largest absolute Gasteiger partial charge is 0.338 e. The first-order valence-electron chi connectivity index (χ1n) is 5.80. The van der Waals surface area contributed by atoms with Gasteiger partial charge in [0.15, 0.2) is 15.7 Å². The molecular weight excluding hydrogens is 274 g/mol. The Bertz CT molecular complexity index is 500. The maximum Gasteiger partial charge on any atom is 0.243 e. The number of thioether (sulfide) groups is 1. The molecule has 0 aromatic carbocycles. The van der Waals surface area contributed by atoms with Crippen LogP contribution in [0.4, 0.5) is 0 Å². The van der Waals surface area contributed by atoms with Gasteiger partial charge in [-0.05, 0) is 24.9 Å². The highest BCUT2D eigenvalue weighted by molar-refractivity contribution is 7.98. The molecule has 2 heterocycles. The molecule has 6 nitrogen and oxygen atoms in total. The maximum absolute atomic E-state index is 11.4. The van der Waals surface area contributed by atoms with Crippen LogP contribution in [0.25, 0.3) is 0 Å². The summed E-state index contributed by atoms with van der Waals surface area (Å²) in [7, 11) is -2.93. The fraction of sp³-hybridized carbons (Fsp3) is 0.800. The molecule has 1 aromatic rings. The van der Waals surface area contributed by atoms with E-state index in [-0.39, 0.29) is 23.5 Å². The number of nitrogens with two attached hydrogens (primary N) is 1. The van der Waals surface area contributed by atoms with Crippen LogP contribution in [-0.4, -0.2) is 42.1 Å². The number of hydrogen-bond donors (Lipinski definition) is 1. The summed E-state index contributed by atoms with van der Waals surface area (Å²) >= 11 is 1.71. The monoisotopic (exact) mass is 291 g/mol. The molecule has 1 aliphatic rings. The van der Waals surface area contributed by atoms with Crippen molar-refractivity contribution in [3.05, 3.63) is 11.7 Å². The van der Waals surface area contributed by atoms with Gasteiger partial charge in [-0.3, -0.25) is 0 Å². The van der Waals surface area contributed by atoms with Crippen molar-refractivity contribution in [3.63, 3.8) is 0 Å². The van der Waals surface area contributed by atoms with Crippen LogP contribution < -0.4 is 5.73 Å². The lowest BCUT2D eigenvalue weighted by Gasteiger charge is -2.04. The van der Waals surface area contributed by atoms with Crippen molar-refractivity contribution in [1.82, 2.24) is 10.1 Å². The average molecular weight is 291 g/mol. The highest BCUT2D eigenvalue weighted by atomic mass is 32.2. The summed E-state index contributed by atoms with van der Waals surface area (Å²) in [5.41, 5.74) is 5.92. The number of aromatic nitrogens is 2. The van der Waals surface area contributed by atoms with E-state index in [2.05, 4.69) is 10.1 Å². The Hall–Kier alpha value is -0.600. The van der Waals surface area contributed by atoms with E-state index in [1.54, 1.807) is 11.8 Å². The van der Waals surface area contributed by atoms with Gasteiger partial charge in [0.2, 0.25) is 5.89 Å². The summed E-state index contributed by atoms with van der Waals surface area (Å²) in [6.45, 7) is 0. The lowest BCUT2D eigenvalue weighted by atomic mass is 10.1. The van der Waals surface area contributed by atoms with E-state index in [1.807, 2.05) is 6.26 Å². The third-order valence-electron chi connectivity index (χ3n) is 3.01. The summed E-state index contributed by atoms with van der Waals surface area (Å²) in [6.07, 6.45) is 3.35. The molecule has 1 unspecified atom stereocenters. The van der Waals surface area contributed by atoms with Gasteiger partial charge >= 0.3 is 0 Å². The lowest BCUT2D eigenvalue weighted by Crippen LogP contribution is -2.12. The molecule has 2 rings (SSSR count). The number of nitrogens with zero attached hydrogens (tertiary/aromatic N) is 2. The van der Waals surface area contributed by atoms with E-state index in [1.165, 1.54) is 0 Å². The molecule has 18 heavy (non-hydrogen) atoms. The van der Waals surface area contributed by atoms with Crippen LogP contribution >= 0.6 is 11.8 Å². The lowest BCUT2D eigenvalue weighted by molar-refractivity contribution is 0.347. The molecule has 0 saturated carbocycles. The molecule has 1 saturated heterocycles. The third-order valence-corrected chi connectivity index (χ3v) is 5.42. The van der Waals surface area contributed by atoms with Crippen LogP contribution in [0, 0.1) is 0 Å². The first-order chi connectivity index (χ1) is 8.52. The van der Waals surface area contributed by atoms with Crippen LogP contribution in [0.5, 0.6) is 0 Å². The molecule has 8 heteroatoms. The second kappa shape index (κ2) is 5.58. The van der Waals surface area contributed by atoms with Gasteiger partial charge in [0.1, 0.15) is 0 Å². The zero-order valence-electron chi connectivity index (χ0n) is 10.2. The Morgan fingerprint density at radius 3 is 3.00 bits per heavy atom. The molecular formula is C10H17N3O3S2. The highest BCUT2D eigenvalue weighted by Crippen LogP contribution is 2.27. The standard InChI is InChI=1S/C10H17N3O3S2/c1-17-4-2-8(11)10-12-9(13-16-10)7-3-5-18(14,15)6-7/h7-8H,2-6,11H2,1H3/t7?,8-/m0/s1. The zero-order chi connectivity index (χ0) is 13.2. The van der Waals surface area contributed by atoms with Gasteiger partial charge in [0, 0.05) is 5.92 Å². The Labute approximate surface area is 111 Å². The predicted octanol–water partition coefficient (Wildman–Crippen LogP) is 0.725. The normalized spacial score (nSPS) is 24.2. The van der Waals surface area contributed by atoms with Crippen LogP contribution in [0.1, 0.15) is 36.5 Å². The molecule has 0 bridgehead atoms. The highest BCUT2D eigenvalue weighted by Gasteiger charge is 2.32. The molecule has 0 spiro atoms. The Morgan fingerprint density at radius 1 is 1.61 bits per heavy atom. The van der Waals surface area contributed by atoms with Gasteiger partial charge < -0.3 is 10.3 Å². The number of sulfone groups is 1. The summed E-state index contributed by atoms with van der Waals surface area (Å²) in [6, 6.07) is -0.267. The molecule has 1 aliphatic heterocycles. The molecule has 1 aromatic heterocycles. The Kier molecular flexibility index (Phi) is 4.29. The molecule has 0 aliphatic carbocycles. The van der Waals surface area contributed by atoms with Crippen molar-refractivity contribution in [3.8, 4) is 0 Å². The van der Waals surface area contributed by atoms with Gasteiger partial charge in [0.25, 0.3) is 0 Å². The minimum atomic E-state index is -2.93. The fourth-order valence-electron chi connectivity index (χ4n) is 1.93. The van der Waals surface area contributed by atoms with Gasteiger partial charge in [-0.1, -0.05) is 5.16 Å². The van der Waals surface area contributed by atoms with Crippen molar-refractivity contribution in [2.45, 2.75) is 24.8 Å². The van der Waals surface area contributed by atoms with Gasteiger partial charge in [0.05, 0.1) is 17.5 Å². The summed E-state index contributed by atoms with van der Waals surface area (Å²) in [4.78, 5) is 4.23. The van der Waals surface area contributed by atoms with E-state index in [0.717, 1.165) is 12.2 Å². The van der Waals surface area contributed by atoms with Gasteiger partial charge in [-0.25, -0.2) is 8.42 Å². The number of hydrogen-bond acceptors (Lipinski definition) is 7. The first kappa shape index (κ1) is 13.8. The average Bonchev–Trinajstić information content (AvgIpc) is 2.92. The van der Waals surface area contributed by atoms with Crippen molar-refractivity contribution in [1.29, 1.82) is 0 Å². The molecule has 2 atom stereocenters. The van der Waals surface area contributed by atoms with Crippen LogP contribution in [0.15, 0.2) is 4.52 Å².